The second-order valence-electron chi connectivity index (χ2n) is 15.3. The smallest absolute Gasteiger partial charge is 0.317 e. The first-order valence-corrected chi connectivity index (χ1v) is 18.8. The molecule has 1 saturated heterocycles. The van der Waals surface area contributed by atoms with Crippen molar-refractivity contribution in [2.45, 2.75) is 51.6 Å². The number of hydrogen-bond donors (Lipinski definition) is 7. The number of aryl methyl sites for hydroxylation is 1. The molecule has 1 fully saturated rings. The number of aliphatic carboxylic acids is 6. The van der Waals surface area contributed by atoms with Gasteiger partial charge >= 0.3 is 35.8 Å². The average Bonchev–Trinajstić information content (AvgIpc) is 3.05. The molecule has 19 nitrogen and oxygen atoms in total. The highest BCUT2D eigenvalue weighted by Crippen LogP contribution is 2.18. The summed E-state index contributed by atoms with van der Waals surface area (Å²) in [7, 11) is 0. The van der Waals surface area contributed by atoms with Crippen LogP contribution in [0.15, 0.2) is 24.3 Å². The van der Waals surface area contributed by atoms with E-state index in [4.69, 9.17) is 0 Å². The number of hydrogen-bond acceptors (Lipinski definition) is 13. The van der Waals surface area contributed by atoms with Crippen LogP contribution < -0.4 is 5.32 Å². The molecule has 316 valence electrons. The fourth-order valence-electron chi connectivity index (χ4n) is 6.64. The first-order valence-electron chi connectivity index (χ1n) is 18.8. The summed E-state index contributed by atoms with van der Waals surface area (Å²) in [5, 5.41) is 60.8. The highest BCUT2D eigenvalue weighted by Gasteiger charge is 2.27. The van der Waals surface area contributed by atoms with E-state index in [0.717, 1.165) is 11.3 Å². The Morgan fingerprint density at radius 1 is 0.625 bits per heavy atom. The van der Waals surface area contributed by atoms with Crippen LogP contribution in [0.25, 0.3) is 0 Å². The van der Waals surface area contributed by atoms with E-state index in [0.29, 0.717) is 45.4 Å². The second-order valence-corrected chi connectivity index (χ2v) is 15.3. The first kappa shape index (κ1) is 47.8. The third-order valence-electron chi connectivity index (χ3n) is 9.24. The normalized spacial score (nSPS) is 16.5. The Balaban J connectivity index is 2.32. The molecule has 1 aromatic carbocycles. The Kier molecular flexibility index (Phi) is 20.7. The number of nitrogens with zero attached hydrogens (tertiary/aromatic N) is 6. The van der Waals surface area contributed by atoms with E-state index in [1.54, 1.807) is 9.80 Å². The maximum absolute atomic E-state index is 11.9. The fourth-order valence-corrected chi connectivity index (χ4v) is 6.64. The van der Waals surface area contributed by atoms with E-state index < -0.39 is 68.0 Å². The molecule has 2 rings (SSSR count). The van der Waals surface area contributed by atoms with Gasteiger partial charge in [-0.2, -0.15) is 0 Å². The number of carboxylic acids is 6. The zero-order chi connectivity index (χ0) is 41.8. The van der Waals surface area contributed by atoms with Gasteiger partial charge in [0, 0.05) is 89.3 Å². The van der Waals surface area contributed by atoms with Crippen molar-refractivity contribution in [1.82, 2.24) is 29.4 Å². The molecule has 1 atom stereocenters. The van der Waals surface area contributed by atoms with Crippen molar-refractivity contribution in [3.63, 3.8) is 0 Å². The van der Waals surface area contributed by atoms with Crippen LogP contribution in [-0.4, -0.2) is 219 Å². The quantitative estimate of drug-likeness (QED) is 0.0765. The monoisotopic (exact) mass is 795 g/mol. The standard InChI is InChI=1S/C37H61N7O12/c1-37(2,3)38-29-9-7-28(8-10-29)5-4-6-30(44(26-35(53)54)27-36(55)56)21-40-16-18-41(22-31(45)46)14-11-39(12-15-42(19-17-40)23-32(47)48)13-20-43(24-33(49)50)25-34(51)52/h7-10,30,38H,4-6,11-27H2,1-3H3,(H,45,46)(H,47,48)(H,49,50)(H,51,52)(H,53,54)(H,55,56). The molecule has 56 heavy (non-hydrogen) atoms. The van der Waals surface area contributed by atoms with Crippen LogP contribution in [0, 0.1) is 0 Å². The summed E-state index contributed by atoms with van der Waals surface area (Å²) >= 11 is 0. The Morgan fingerprint density at radius 3 is 1.46 bits per heavy atom. The van der Waals surface area contributed by atoms with Crippen molar-refractivity contribution >= 4 is 41.5 Å². The van der Waals surface area contributed by atoms with Gasteiger partial charge in [-0.25, -0.2) is 0 Å². The zero-order valence-electron chi connectivity index (χ0n) is 32.8. The number of nitrogens with one attached hydrogen (secondary N) is 1. The molecule has 1 aliphatic heterocycles. The van der Waals surface area contributed by atoms with Gasteiger partial charge in [0.1, 0.15) is 0 Å². The third-order valence-corrected chi connectivity index (χ3v) is 9.24. The van der Waals surface area contributed by atoms with Gasteiger partial charge in [0.15, 0.2) is 0 Å². The van der Waals surface area contributed by atoms with Gasteiger partial charge in [0.05, 0.1) is 39.3 Å². The van der Waals surface area contributed by atoms with Crippen LogP contribution in [0.5, 0.6) is 0 Å². The highest BCUT2D eigenvalue weighted by atomic mass is 16.4. The first-order chi connectivity index (χ1) is 26.3. The maximum atomic E-state index is 11.9. The predicted molar refractivity (Wildman–Crippen MR) is 206 cm³/mol. The molecule has 0 spiro atoms. The molecule has 0 saturated carbocycles. The molecule has 0 aliphatic carbocycles. The minimum atomic E-state index is -1.18. The van der Waals surface area contributed by atoms with Crippen LogP contribution in [0.3, 0.4) is 0 Å². The summed E-state index contributed by atoms with van der Waals surface area (Å²) in [5.41, 5.74) is 1.93. The van der Waals surface area contributed by atoms with Crippen molar-refractivity contribution in [3.05, 3.63) is 29.8 Å². The Bertz CT molecular complexity index is 1360. The molecule has 7 N–H and O–H groups in total. The molecule has 1 aromatic rings. The molecule has 1 aliphatic rings. The van der Waals surface area contributed by atoms with E-state index in [2.05, 4.69) is 26.1 Å². The zero-order valence-corrected chi connectivity index (χ0v) is 32.8. The topological polar surface area (TPSA) is 255 Å². The summed E-state index contributed by atoms with van der Waals surface area (Å²) in [6.07, 6.45) is 1.76. The van der Waals surface area contributed by atoms with Gasteiger partial charge in [-0.3, -0.25) is 58.2 Å². The lowest BCUT2D eigenvalue weighted by atomic mass is 10.0. The van der Waals surface area contributed by atoms with Gasteiger partial charge in [0.2, 0.25) is 0 Å². The lowest BCUT2D eigenvalue weighted by Gasteiger charge is -2.37. The van der Waals surface area contributed by atoms with Crippen molar-refractivity contribution in [3.8, 4) is 0 Å². The van der Waals surface area contributed by atoms with Gasteiger partial charge in [-0.05, 0) is 57.7 Å². The number of anilines is 1. The molecule has 0 amide bonds. The van der Waals surface area contributed by atoms with Crippen LogP contribution in [-0.2, 0) is 35.2 Å². The van der Waals surface area contributed by atoms with Crippen molar-refractivity contribution in [2.24, 2.45) is 0 Å². The third kappa shape index (κ3) is 21.6. The SMILES string of the molecule is CC(C)(C)Nc1ccc(CCCC(CN2CCN(CC(=O)O)CCN(CCN(CC(=O)O)CC(=O)O)CCN(CC(=O)O)CC2)N(CC(=O)O)CC(=O)O)cc1. The summed E-state index contributed by atoms with van der Waals surface area (Å²) in [4.78, 5) is 80.4. The van der Waals surface area contributed by atoms with Crippen LogP contribution in [0.2, 0.25) is 0 Å². The van der Waals surface area contributed by atoms with Gasteiger partial charge < -0.3 is 36.0 Å². The van der Waals surface area contributed by atoms with Crippen molar-refractivity contribution in [2.75, 3.05) is 117 Å². The summed E-state index contributed by atoms with van der Waals surface area (Å²) in [6, 6.07) is 7.52. The Labute approximate surface area is 328 Å². The van der Waals surface area contributed by atoms with Gasteiger partial charge in [-0.1, -0.05) is 12.1 Å². The molecular formula is C37H61N7O12. The van der Waals surface area contributed by atoms with E-state index in [1.165, 1.54) is 9.80 Å². The lowest BCUT2D eigenvalue weighted by molar-refractivity contribution is -0.144. The van der Waals surface area contributed by atoms with E-state index in [-0.39, 0.29) is 64.4 Å². The molecule has 1 unspecified atom stereocenters. The van der Waals surface area contributed by atoms with Crippen molar-refractivity contribution < 1.29 is 59.4 Å². The minimum absolute atomic E-state index is 0.106. The molecule has 0 aromatic heterocycles. The average molecular weight is 796 g/mol. The highest BCUT2D eigenvalue weighted by molar-refractivity contribution is 5.73. The van der Waals surface area contributed by atoms with Crippen molar-refractivity contribution in [1.29, 1.82) is 0 Å². The van der Waals surface area contributed by atoms with Gasteiger partial charge in [-0.15, -0.1) is 0 Å². The fraction of sp³-hybridized carbons (Fsp3) is 0.676. The number of carbonyl (C=O) groups is 6. The second kappa shape index (κ2) is 24.3. The molecule has 0 bridgehead atoms. The predicted octanol–water partition coefficient (Wildman–Crippen LogP) is -0.0785. The summed E-state index contributed by atoms with van der Waals surface area (Å²) < 4.78 is 0. The van der Waals surface area contributed by atoms with Crippen LogP contribution in [0.4, 0.5) is 5.69 Å². The number of carboxylic acid groups (broad SMARTS) is 6. The minimum Gasteiger partial charge on any atom is -0.480 e. The van der Waals surface area contributed by atoms with Gasteiger partial charge in [0.25, 0.3) is 0 Å². The van der Waals surface area contributed by atoms with Crippen LogP contribution >= 0.6 is 0 Å². The molecule has 0 radical (unpaired) electrons. The van der Waals surface area contributed by atoms with E-state index >= 15 is 0 Å². The maximum Gasteiger partial charge on any atom is 0.317 e. The number of rotatable bonds is 23. The van der Waals surface area contributed by atoms with Crippen LogP contribution in [0.1, 0.15) is 39.2 Å². The number of benzene rings is 1. The Morgan fingerprint density at radius 2 is 1.05 bits per heavy atom. The van der Waals surface area contributed by atoms with E-state index in [1.807, 2.05) is 34.1 Å². The lowest BCUT2D eigenvalue weighted by Crippen LogP contribution is -2.52. The summed E-state index contributed by atoms with van der Waals surface area (Å²) in [6.45, 7) is 6.75. The Hall–Kier alpha value is -4.40. The molecule has 19 heteroatoms. The largest absolute Gasteiger partial charge is 0.480 e. The molecular weight excluding hydrogens is 734 g/mol. The molecule has 1 heterocycles. The van der Waals surface area contributed by atoms with E-state index in [9.17, 15) is 59.4 Å². The summed E-state index contributed by atoms with van der Waals surface area (Å²) in [5.74, 6) is -6.81.